The van der Waals surface area contributed by atoms with Crippen molar-refractivity contribution in [1.29, 1.82) is 0 Å². The monoisotopic (exact) mass is 336 g/mol. The highest BCUT2D eigenvalue weighted by atomic mass is 79.9. The second-order valence-corrected chi connectivity index (χ2v) is 5.18. The van der Waals surface area contributed by atoms with Crippen molar-refractivity contribution in [2.75, 3.05) is 11.9 Å². The van der Waals surface area contributed by atoms with Crippen molar-refractivity contribution >= 4 is 39.1 Å². The summed E-state index contributed by atoms with van der Waals surface area (Å²) < 4.78 is 0.938. The molecule has 0 bridgehead atoms. The Morgan fingerprint density at radius 2 is 2.16 bits per heavy atom. The topological polar surface area (TPSA) is 49.8 Å². The molecule has 2 aromatic rings. The van der Waals surface area contributed by atoms with Gasteiger partial charge >= 0.3 is 0 Å². The molecule has 0 unspecified atom stereocenters. The Labute approximate surface area is 125 Å². The van der Waals surface area contributed by atoms with Crippen LogP contribution in [0.3, 0.4) is 0 Å². The van der Waals surface area contributed by atoms with Gasteiger partial charge in [-0.3, -0.25) is 4.98 Å². The minimum absolute atomic E-state index is 0.568. The summed E-state index contributed by atoms with van der Waals surface area (Å²) in [6.07, 6.45) is 6.22. The third-order valence-electron chi connectivity index (χ3n) is 2.39. The first-order valence-electron chi connectivity index (χ1n) is 5.79. The van der Waals surface area contributed by atoms with Gasteiger partial charge in [0.1, 0.15) is 5.82 Å². The maximum Gasteiger partial charge on any atom is 0.171 e. The number of aromatic nitrogens is 2. The Kier molecular flexibility index (Phi) is 5.23. The zero-order chi connectivity index (χ0) is 13.5. The second kappa shape index (κ2) is 7.16. The molecule has 2 N–H and O–H groups in total. The molecule has 6 heteroatoms. The fraction of sp³-hybridized carbons (Fsp3) is 0.154. The minimum atomic E-state index is 0.568. The zero-order valence-corrected chi connectivity index (χ0v) is 12.5. The van der Waals surface area contributed by atoms with Crippen molar-refractivity contribution < 1.29 is 0 Å². The van der Waals surface area contributed by atoms with E-state index in [9.17, 15) is 0 Å². The van der Waals surface area contributed by atoms with Gasteiger partial charge in [-0.2, -0.15) is 0 Å². The lowest BCUT2D eigenvalue weighted by molar-refractivity contribution is 0.868. The van der Waals surface area contributed by atoms with Crippen molar-refractivity contribution in [1.82, 2.24) is 15.3 Å². The lowest BCUT2D eigenvalue weighted by Gasteiger charge is -2.09. The first kappa shape index (κ1) is 13.9. The van der Waals surface area contributed by atoms with Crippen LogP contribution in [-0.4, -0.2) is 21.6 Å². The van der Waals surface area contributed by atoms with Crippen LogP contribution >= 0.6 is 28.1 Å². The van der Waals surface area contributed by atoms with Gasteiger partial charge in [-0.05, 0) is 58.3 Å². The Morgan fingerprint density at radius 1 is 1.26 bits per heavy atom. The minimum Gasteiger partial charge on any atom is -0.362 e. The first-order chi connectivity index (χ1) is 9.24. The largest absolute Gasteiger partial charge is 0.362 e. The van der Waals surface area contributed by atoms with E-state index in [0.29, 0.717) is 5.11 Å². The number of halogens is 1. The summed E-state index contributed by atoms with van der Waals surface area (Å²) in [5.41, 5.74) is 1.18. The van der Waals surface area contributed by atoms with E-state index in [1.54, 1.807) is 12.4 Å². The SMILES string of the molecule is S=C(NCCc1cccnc1)Nc1ccc(Br)cn1. The number of nitrogens with zero attached hydrogens (tertiary/aromatic N) is 2. The summed E-state index contributed by atoms with van der Waals surface area (Å²) in [5.74, 6) is 0.724. The molecule has 0 aromatic carbocycles. The van der Waals surface area contributed by atoms with E-state index in [-0.39, 0.29) is 0 Å². The molecule has 0 aliphatic carbocycles. The van der Waals surface area contributed by atoms with Crippen LogP contribution < -0.4 is 10.6 Å². The molecule has 0 saturated heterocycles. The summed E-state index contributed by atoms with van der Waals surface area (Å²) in [7, 11) is 0. The van der Waals surface area contributed by atoms with E-state index in [1.165, 1.54) is 5.56 Å². The van der Waals surface area contributed by atoms with E-state index < -0.39 is 0 Å². The van der Waals surface area contributed by atoms with Gasteiger partial charge in [-0.15, -0.1) is 0 Å². The van der Waals surface area contributed by atoms with Gasteiger partial charge in [0.2, 0.25) is 0 Å². The van der Waals surface area contributed by atoms with Crippen LogP contribution in [0.2, 0.25) is 0 Å². The van der Waals surface area contributed by atoms with Gasteiger partial charge < -0.3 is 10.6 Å². The molecular formula is C13H13BrN4S. The fourth-order valence-corrected chi connectivity index (χ4v) is 1.92. The highest BCUT2D eigenvalue weighted by Crippen LogP contribution is 2.10. The van der Waals surface area contributed by atoms with Gasteiger partial charge in [-0.25, -0.2) is 4.98 Å². The highest BCUT2D eigenvalue weighted by Gasteiger charge is 1.99. The molecule has 2 rings (SSSR count). The van der Waals surface area contributed by atoms with Gasteiger partial charge in [0.15, 0.2) is 5.11 Å². The molecule has 4 nitrogen and oxygen atoms in total. The van der Waals surface area contributed by atoms with Crippen molar-refractivity contribution in [2.24, 2.45) is 0 Å². The van der Waals surface area contributed by atoms with E-state index in [0.717, 1.165) is 23.3 Å². The van der Waals surface area contributed by atoms with Crippen LogP contribution in [-0.2, 0) is 6.42 Å². The lowest BCUT2D eigenvalue weighted by Crippen LogP contribution is -2.30. The second-order valence-electron chi connectivity index (χ2n) is 3.85. The number of pyridine rings is 2. The van der Waals surface area contributed by atoms with Gasteiger partial charge in [0.05, 0.1) is 0 Å². The van der Waals surface area contributed by atoms with Gasteiger partial charge in [0, 0.05) is 29.6 Å². The van der Waals surface area contributed by atoms with E-state index in [4.69, 9.17) is 12.2 Å². The molecule has 2 heterocycles. The van der Waals surface area contributed by atoms with Crippen molar-refractivity contribution in [3.63, 3.8) is 0 Å². The molecular weight excluding hydrogens is 324 g/mol. The Balaban J connectivity index is 1.74. The van der Waals surface area contributed by atoms with Crippen LogP contribution in [0.25, 0.3) is 0 Å². The number of rotatable bonds is 4. The number of nitrogens with one attached hydrogen (secondary N) is 2. The summed E-state index contributed by atoms with van der Waals surface area (Å²) in [5, 5.41) is 6.73. The Morgan fingerprint density at radius 3 is 2.84 bits per heavy atom. The third-order valence-corrected chi connectivity index (χ3v) is 3.11. The quantitative estimate of drug-likeness (QED) is 0.841. The molecule has 0 amide bonds. The van der Waals surface area contributed by atoms with Crippen LogP contribution in [0.15, 0.2) is 47.3 Å². The van der Waals surface area contributed by atoms with E-state index in [1.807, 2.05) is 30.5 Å². The first-order valence-corrected chi connectivity index (χ1v) is 6.99. The van der Waals surface area contributed by atoms with Gasteiger partial charge in [-0.1, -0.05) is 6.07 Å². The molecule has 0 radical (unpaired) electrons. The predicted octanol–water partition coefficient (Wildman–Crippen LogP) is 2.77. The van der Waals surface area contributed by atoms with Crippen molar-refractivity contribution in [3.8, 4) is 0 Å². The number of hydrogen-bond donors (Lipinski definition) is 2. The Bertz CT molecular complexity index is 530. The normalized spacial score (nSPS) is 9.95. The standard InChI is InChI=1S/C13H13BrN4S/c14-11-3-4-12(17-9-11)18-13(19)16-7-5-10-2-1-6-15-8-10/h1-4,6,8-9H,5,7H2,(H2,16,17,18,19). The maximum atomic E-state index is 5.19. The van der Waals surface area contributed by atoms with Crippen LogP contribution in [0, 0.1) is 0 Å². The molecule has 0 spiro atoms. The molecule has 98 valence electrons. The van der Waals surface area contributed by atoms with Crippen LogP contribution in [0.4, 0.5) is 5.82 Å². The summed E-state index contributed by atoms with van der Waals surface area (Å²) in [6.45, 7) is 0.758. The molecule has 2 aromatic heterocycles. The van der Waals surface area contributed by atoms with Gasteiger partial charge in [0.25, 0.3) is 0 Å². The summed E-state index contributed by atoms with van der Waals surface area (Å²) >= 11 is 8.53. The number of thiocarbonyl (C=S) groups is 1. The average Bonchev–Trinajstić information content (AvgIpc) is 2.43. The van der Waals surface area contributed by atoms with E-state index >= 15 is 0 Å². The Hall–Kier alpha value is -1.53. The molecule has 0 aliphatic heterocycles. The van der Waals surface area contributed by atoms with E-state index in [2.05, 4.69) is 36.5 Å². The predicted molar refractivity (Wildman–Crippen MR) is 84.1 cm³/mol. The molecule has 0 fully saturated rings. The molecule has 0 aliphatic rings. The van der Waals surface area contributed by atoms with Crippen molar-refractivity contribution in [3.05, 3.63) is 52.9 Å². The highest BCUT2D eigenvalue weighted by molar-refractivity contribution is 9.10. The van der Waals surface area contributed by atoms with Crippen molar-refractivity contribution in [2.45, 2.75) is 6.42 Å². The molecule has 0 atom stereocenters. The molecule has 0 saturated carbocycles. The average molecular weight is 337 g/mol. The molecule has 19 heavy (non-hydrogen) atoms. The van der Waals surface area contributed by atoms with Crippen LogP contribution in [0.5, 0.6) is 0 Å². The van der Waals surface area contributed by atoms with Crippen LogP contribution in [0.1, 0.15) is 5.56 Å². The number of hydrogen-bond acceptors (Lipinski definition) is 3. The zero-order valence-electron chi connectivity index (χ0n) is 10.1. The third kappa shape index (κ3) is 4.92. The maximum absolute atomic E-state index is 5.19. The lowest BCUT2D eigenvalue weighted by atomic mass is 10.2. The summed E-state index contributed by atoms with van der Waals surface area (Å²) in [6, 6.07) is 7.74. The fourth-order valence-electron chi connectivity index (χ4n) is 1.48. The smallest absolute Gasteiger partial charge is 0.171 e. The summed E-state index contributed by atoms with van der Waals surface area (Å²) in [4.78, 5) is 8.26. The number of anilines is 1.